The molecule has 4 nitrogen and oxygen atoms in total. The van der Waals surface area contributed by atoms with Crippen molar-refractivity contribution >= 4 is 5.91 Å². The predicted octanol–water partition coefficient (Wildman–Crippen LogP) is 3.65. The monoisotopic (exact) mass is 358 g/mol. The summed E-state index contributed by atoms with van der Waals surface area (Å²) in [6.45, 7) is 5.17. The van der Waals surface area contributed by atoms with Gasteiger partial charge in [0, 0.05) is 18.4 Å². The van der Waals surface area contributed by atoms with Crippen LogP contribution in [0.3, 0.4) is 0 Å². The molecule has 1 aromatic carbocycles. The third kappa shape index (κ3) is 4.59. The second kappa shape index (κ2) is 8.90. The van der Waals surface area contributed by atoms with Crippen molar-refractivity contribution in [3.63, 3.8) is 0 Å². The van der Waals surface area contributed by atoms with Gasteiger partial charge in [-0.25, -0.2) is 0 Å². The number of carbonyl (C=O) groups excluding carboxylic acids is 1. The molecule has 26 heavy (non-hydrogen) atoms. The van der Waals surface area contributed by atoms with Gasteiger partial charge in [-0.3, -0.25) is 4.79 Å². The van der Waals surface area contributed by atoms with Crippen molar-refractivity contribution in [1.29, 1.82) is 0 Å². The van der Waals surface area contributed by atoms with Crippen LogP contribution in [0.4, 0.5) is 0 Å². The molecule has 1 saturated heterocycles. The minimum atomic E-state index is 0.0716. The van der Waals surface area contributed by atoms with E-state index < -0.39 is 0 Å². The minimum absolute atomic E-state index is 0.0716. The van der Waals surface area contributed by atoms with E-state index in [0.29, 0.717) is 18.3 Å². The van der Waals surface area contributed by atoms with Crippen LogP contribution in [0.25, 0.3) is 0 Å². The molecule has 1 aromatic rings. The highest BCUT2D eigenvalue weighted by Gasteiger charge is 2.36. The van der Waals surface area contributed by atoms with Gasteiger partial charge in [0.25, 0.3) is 0 Å². The minimum Gasteiger partial charge on any atom is -0.497 e. The molecule has 1 aliphatic carbocycles. The lowest BCUT2D eigenvalue weighted by atomic mass is 9.78. The van der Waals surface area contributed by atoms with Gasteiger partial charge in [0.15, 0.2) is 0 Å². The Balaban J connectivity index is 1.59. The number of benzene rings is 1. The highest BCUT2D eigenvalue weighted by Crippen LogP contribution is 2.41. The summed E-state index contributed by atoms with van der Waals surface area (Å²) in [5.41, 5.74) is 1.38. The first-order chi connectivity index (χ1) is 12.6. The number of nitrogens with one attached hydrogen (secondary N) is 2. The molecule has 4 heteroatoms. The lowest BCUT2D eigenvalue weighted by Gasteiger charge is -2.31. The lowest BCUT2D eigenvalue weighted by molar-refractivity contribution is -0.122. The molecule has 2 fully saturated rings. The number of carbonyl (C=O) groups is 1. The molecule has 2 N–H and O–H groups in total. The van der Waals surface area contributed by atoms with Crippen LogP contribution >= 0.6 is 0 Å². The first-order valence-electron chi connectivity index (χ1n) is 10.2. The van der Waals surface area contributed by atoms with Crippen LogP contribution in [-0.4, -0.2) is 32.7 Å². The van der Waals surface area contributed by atoms with E-state index in [1.807, 2.05) is 6.07 Å². The number of amides is 1. The number of hydrogen-bond acceptors (Lipinski definition) is 3. The van der Waals surface area contributed by atoms with Crippen LogP contribution in [0.15, 0.2) is 24.3 Å². The van der Waals surface area contributed by atoms with Crippen LogP contribution in [0.1, 0.15) is 57.4 Å². The molecule has 1 unspecified atom stereocenters. The second-order valence-corrected chi connectivity index (χ2v) is 8.26. The summed E-state index contributed by atoms with van der Waals surface area (Å²) >= 11 is 0. The third-order valence-corrected chi connectivity index (χ3v) is 6.56. The molecule has 1 heterocycles. The molecule has 3 rings (SSSR count). The zero-order valence-corrected chi connectivity index (χ0v) is 16.4. The van der Waals surface area contributed by atoms with E-state index >= 15 is 0 Å². The average Bonchev–Trinajstić information content (AvgIpc) is 3.17. The largest absolute Gasteiger partial charge is 0.497 e. The summed E-state index contributed by atoms with van der Waals surface area (Å²) in [4.78, 5) is 12.6. The predicted molar refractivity (Wildman–Crippen MR) is 106 cm³/mol. The topological polar surface area (TPSA) is 50.4 Å². The summed E-state index contributed by atoms with van der Waals surface area (Å²) in [5.74, 6) is 2.26. The van der Waals surface area contributed by atoms with Crippen LogP contribution in [0.2, 0.25) is 0 Å². The molecular formula is C22H34N2O2. The second-order valence-electron chi connectivity index (χ2n) is 8.26. The van der Waals surface area contributed by atoms with E-state index in [-0.39, 0.29) is 11.3 Å². The Kier molecular flexibility index (Phi) is 6.58. The lowest BCUT2D eigenvalue weighted by Crippen LogP contribution is -2.40. The van der Waals surface area contributed by atoms with Gasteiger partial charge in [0.05, 0.1) is 7.11 Å². The van der Waals surface area contributed by atoms with Gasteiger partial charge in [-0.1, -0.05) is 31.9 Å². The third-order valence-electron chi connectivity index (χ3n) is 6.56. The van der Waals surface area contributed by atoms with Crippen molar-refractivity contribution in [1.82, 2.24) is 10.6 Å². The zero-order valence-electron chi connectivity index (χ0n) is 16.4. The van der Waals surface area contributed by atoms with Crippen molar-refractivity contribution in [3.05, 3.63) is 29.8 Å². The number of hydrogen-bond donors (Lipinski definition) is 2. The van der Waals surface area contributed by atoms with Crippen LogP contribution < -0.4 is 15.4 Å². The number of piperidine rings is 1. The number of ether oxygens (including phenoxy) is 1. The van der Waals surface area contributed by atoms with Crippen LogP contribution in [-0.2, 0) is 10.2 Å². The normalized spacial score (nSPS) is 21.3. The molecule has 1 aliphatic heterocycles. The van der Waals surface area contributed by atoms with E-state index in [4.69, 9.17) is 4.74 Å². The van der Waals surface area contributed by atoms with Gasteiger partial charge in [0.1, 0.15) is 5.75 Å². The summed E-state index contributed by atoms with van der Waals surface area (Å²) in [6.07, 6.45) is 7.80. The molecule has 0 aromatic heterocycles. The van der Waals surface area contributed by atoms with Crippen molar-refractivity contribution in [2.45, 2.75) is 57.3 Å². The average molecular weight is 359 g/mol. The molecule has 1 amide bonds. The Bertz CT molecular complexity index is 590. The molecule has 2 aliphatic rings. The molecular weight excluding hydrogens is 324 g/mol. The molecule has 0 bridgehead atoms. The Morgan fingerprint density at radius 3 is 2.73 bits per heavy atom. The number of rotatable bonds is 7. The molecule has 0 spiro atoms. The highest BCUT2D eigenvalue weighted by atomic mass is 16.5. The maximum atomic E-state index is 12.6. The first kappa shape index (κ1) is 19.2. The van der Waals surface area contributed by atoms with Gasteiger partial charge in [0.2, 0.25) is 5.91 Å². The van der Waals surface area contributed by atoms with Crippen LogP contribution in [0.5, 0.6) is 5.75 Å². The zero-order chi connectivity index (χ0) is 18.4. The molecule has 1 saturated carbocycles. The Hall–Kier alpha value is -1.55. The van der Waals surface area contributed by atoms with E-state index in [2.05, 4.69) is 35.8 Å². The van der Waals surface area contributed by atoms with E-state index in [1.54, 1.807) is 7.11 Å². The van der Waals surface area contributed by atoms with Crippen molar-refractivity contribution in [3.8, 4) is 5.75 Å². The maximum Gasteiger partial charge on any atom is 0.220 e. The van der Waals surface area contributed by atoms with Gasteiger partial charge in [-0.15, -0.1) is 0 Å². The van der Waals surface area contributed by atoms with Gasteiger partial charge < -0.3 is 15.4 Å². The Morgan fingerprint density at radius 1 is 1.31 bits per heavy atom. The molecule has 144 valence electrons. The summed E-state index contributed by atoms with van der Waals surface area (Å²) < 4.78 is 5.41. The van der Waals surface area contributed by atoms with Gasteiger partial charge >= 0.3 is 0 Å². The van der Waals surface area contributed by atoms with Crippen LogP contribution in [0, 0.1) is 11.8 Å². The summed E-state index contributed by atoms with van der Waals surface area (Å²) in [6, 6.07) is 8.40. The van der Waals surface area contributed by atoms with Gasteiger partial charge in [-0.05, 0) is 68.3 Å². The summed E-state index contributed by atoms with van der Waals surface area (Å²) in [5, 5.41) is 6.68. The Morgan fingerprint density at radius 2 is 2.04 bits per heavy atom. The highest BCUT2D eigenvalue weighted by molar-refractivity contribution is 5.76. The molecule has 1 atom stereocenters. The molecule has 0 radical (unpaired) electrons. The SMILES string of the molecule is COc1cccc(C2(CNC(=O)CC(C)C3CCNCC3)CCCC2)c1. The van der Waals surface area contributed by atoms with E-state index in [1.165, 1.54) is 31.2 Å². The fraction of sp³-hybridized carbons (Fsp3) is 0.682. The van der Waals surface area contributed by atoms with Crippen molar-refractivity contribution in [2.24, 2.45) is 11.8 Å². The van der Waals surface area contributed by atoms with Crippen molar-refractivity contribution < 1.29 is 9.53 Å². The van der Waals surface area contributed by atoms with E-state index in [0.717, 1.165) is 38.2 Å². The van der Waals surface area contributed by atoms with Crippen molar-refractivity contribution in [2.75, 3.05) is 26.7 Å². The van der Waals surface area contributed by atoms with E-state index in [9.17, 15) is 4.79 Å². The fourth-order valence-electron chi connectivity index (χ4n) is 4.78. The number of methoxy groups -OCH3 is 1. The fourth-order valence-corrected chi connectivity index (χ4v) is 4.78. The summed E-state index contributed by atoms with van der Waals surface area (Å²) in [7, 11) is 1.71. The first-order valence-corrected chi connectivity index (χ1v) is 10.2. The smallest absolute Gasteiger partial charge is 0.220 e. The Labute approximate surface area is 158 Å². The maximum absolute atomic E-state index is 12.6. The standard InChI is InChI=1S/C22H34N2O2/c1-17(18-8-12-23-13-9-18)14-21(25)24-16-22(10-3-4-11-22)19-6-5-7-20(15-19)26-2/h5-7,15,17-18,23H,3-4,8-14,16H2,1-2H3,(H,24,25). The quantitative estimate of drug-likeness (QED) is 0.782. The van der Waals surface area contributed by atoms with Gasteiger partial charge in [-0.2, -0.15) is 0 Å².